The summed E-state index contributed by atoms with van der Waals surface area (Å²) in [6.45, 7) is 0. The van der Waals surface area contributed by atoms with Crippen molar-refractivity contribution in [3.8, 4) is 0 Å². The van der Waals surface area contributed by atoms with E-state index >= 15 is 0 Å². The molecule has 0 atom stereocenters. The summed E-state index contributed by atoms with van der Waals surface area (Å²) < 4.78 is 22.6. The normalized spacial score (nSPS) is 17.5. The molecule has 0 radical (unpaired) electrons. The van der Waals surface area contributed by atoms with Gasteiger partial charge in [-0.2, -0.15) is 0 Å². The SMILES string of the molecule is OB(O)O.OB1OB2OB(O)OB(O1)O2.[NaH].[NaH]. The molecule has 2 rings (SSSR count). The van der Waals surface area contributed by atoms with Gasteiger partial charge in [0.2, 0.25) is 0 Å². The summed E-state index contributed by atoms with van der Waals surface area (Å²) in [5.41, 5.74) is 0. The first-order valence-corrected chi connectivity index (χ1v) is 3.65. The summed E-state index contributed by atoms with van der Waals surface area (Å²) in [5.74, 6) is 0. The standard InChI is InChI=1S/B4H2O7.BH3O3.2Na.2H/c5-1-7-3-9-2(6)10-4(8-1)11-3;2-1(3)4;;;;/h5-6H;2-4H;;;;. The Morgan fingerprint density at radius 3 is 1.12 bits per heavy atom. The number of rotatable bonds is 0. The second-order valence-electron chi connectivity index (χ2n) is 2.22. The van der Waals surface area contributed by atoms with E-state index in [0.29, 0.717) is 0 Å². The van der Waals surface area contributed by atoms with Gasteiger partial charge in [-0.25, -0.2) is 0 Å². The van der Waals surface area contributed by atoms with Gasteiger partial charge >= 0.3 is 95.7 Å². The Labute approximate surface area is 142 Å². The number of hydrogen-bond acceptors (Lipinski definition) is 10. The molecule has 2 bridgehead atoms. The van der Waals surface area contributed by atoms with Gasteiger partial charge in [-0.05, 0) is 0 Å². The van der Waals surface area contributed by atoms with Crippen molar-refractivity contribution in [3.63, 3.8) is 0 Å². The first-order chi connectivity index (χ1) is 6.97. The molecule has 2 fully saturated rings. The molecule has 2 saturated heterocycles. The quantitative estimate of drug-likeness (QED) is 0.268. The predicted molar refractivity (Wildman–Crippen MR) is 59.6 cm³/mol. The molecule has 0 spiro atoms. The van der Waals surface area contributed by atoms with Gasteiger partial charge in [0.15, 0.2) is 0 Å². The van der Waals surface area contributed by atoms with Crippen molar-refractivity contribution in [3.05, 3.63) is 0 Å². The van der Waals surface area contributed by atoms with E-state index in [9.17, 15) is 0 Å². The van der Waals surface area contributed by atoms with Gasteiger partial charge in [0.05, 0.1) is 0 Å². The molecule has 17 heteroatoms. The maximum absolute atomic E-state index is 8.74. The van der Waals surface area contributed by atoms with Gasteiger partial charge in [-0.1, -0.05) is 0 Å². The van der Waals surface area contributed by atoms with Gasteiger partial charge < -0.3 is 48.0 Å². The van der Waals surface area contributed by atoms with Crippen LogP contribution in [0.1, 0.15) is 0 Å². The molecule has 2 aliphatic rings. The Hall–Kier alpha value is 1.92. The van der Waals surface area contributed by atoms with Crippen LogP contribution in [0.5, 0.6) is 0 Å². The topological polar surface area (TPSA) is 147 Å². The minimum absolute atomic E-state index is 0. The van der Waals surface area contributed by atoms with Crippen LogP contribution in [0.25, 0.3) is 0 Å². The Balaban J connectivity index is 0. The molecule has 5 N–H and O–H groups in total. The van der Waals surface area contributed by atoms with E-state index in [1.807, 2.05) is 0 Å². The average molecular weight is 267 g/mol. The number of hydrogen-bond donors (Lipinski definition) is 5. The van der Waals surface area contributed by atoms with Crippen molar-refractivity contribution in [2.45, 2.75) is 0 Å². The fraction of sp³-hybridized carbons (Fsp3) is 0. The minimum atomic E-state index is -2.17. The van der Waals surface area contributed by atoms with E-state index in [2.05, 4.69) is 22.9 Å². The third kappa shape index (κ3) is 9.46. The molecule has 0 aromatic carbocycles. The predicted octanol–water partition coefficient (Wildman–Crippen LogP) is -6.33. The maximum atomic E-state index is 8.74. The van der Waals surface area contributed by atoms with Crippen molar-refractivity contribution >= 4 is 95.7 Å². The third-order valence-electron chi connectivity index (χ3n) is 1.13. The molecule has 0 amide bonds. The van der Waals surface area contributed by atoms with Gasteiger partial charge in [0.1, 0.15) is 0 Å². The summed E-state index contributed by atoms with van der Waals surface area (Å²) in [6, 6.07) is 0. The first kappa shape index (κ1) is 21.2. The zero-order chi connectivity index (χ0) is 11.4. The Morgan fingerprint density at radius 1 is 0.647 bits per heavy atom. The molecule has 0 aromatic rings. The summed E-state index contributed by atoms with van der Waals surface area (Å²) in [5, 5.41) is 39.0. The first-order valence-electron chi connectivity index (χ1n) is 3.65. The van der Waals surface area contributed by atoms with Crippen molar-refractivity contribution in [2.24, 2.45) is 0 Å². The van der Waals surface area contributed by atoms with Crippen LogP contribution < -0.4 is 0 Å². The zero-order valence-corrected chi connectivity index (χ0v) is 7.16. The monoisotopic (exact) mass is 268 g/mol. The van der Waals surface area contributed by atoms with Crippen LogP contribution in [0.15, 0.2) is 0 Å². The molecular weight excluding hydrogens is 260 g/mol. The van der Waals surface area contributed by atoms with Gasteiger partial charge in [-0.3, -0.25) is 0 Å². The zero-order valence-electron chi connectivity index (χ0n) is 7.16. The molecule has 2 aliphatic heterocycles. The second-order valence-corrected chi connectivity index (χ2v) is 2.22. The van der Waals surface area contributed by atoms with Crippen LogP contribution in [0, 0.1) is 0 Å². The Kier molecular flexibility index (Phi) is 13.3. The van der Waals surface area contributed by atoms with Crippen LogP contribution >= 0.6 is 0 Å². The van der Waals surface area contributed by atoms with Crippen molar-refractivity contribution in [2.75, 3.05) is 0 Å². The van der Waals surface area contributed by atoms with E-state index in [4.69, 9.17) is 25.1 Å². The van der Waals surface area contributed by atoms with Crippen LogP contribution in [0.2, 0.25) is 0 Å². The third-order valence-corrected chi connectivity index (χ3v) is 1.13. The number of fused-ring (bicyclic) bond motifs is 2. The van der Waals surface area contributed by atoms with Crippen molar-refractivity contribution in [1.82, 2.24) is 0 Å². The summed E-state index contributed by atoms with van der Waals surface area (Å²) in [6.07, 6.45) is 0. The van der Waals surface area contributed by atoms with Gasteiger partial charge in [0.25, 0.3) is 0 Å². The Bertz CT molecular complexity index is 157. The summed E-state index contributed by atoms with van der Waals surface area (Å²) in [7, 11) is -7.36. The van der Waals surface area contributed by atoms with Crippen LogP contribution in [0.4, 0.5) is 0 Å². The van der Waals surface area contributed by atoms with E-state index in [1.165, 1.54) is 0 Å². The van der Waals surface area contributed by atoms with Crippen LogP contribution in [-0.2, 0) is 22.9 Å². The fourth-order valence-corrected chi connectivity index (χ4v) is 0.728. The second kappa shape index (κ2) is 10.7. The molecule has 2 heterocycles. The molecule has 0 aliphatic carbocycles. The molecule has 10 nitrogen and oxygen atoms in total. The van der Waals surface area contributed by atoms with Crippen LogP contribution in [-0.4, -0.2) is 121 Å². The summed E-state index contributed by atoms with van der Waals surface area (Å²) in [4.78, 5) is 0. The van der Waals surface area contributed by atoms with Gasteiger partial charge in [-0.15, -0.1) is 0 Å². The van der Waals surface area contributed by atoms with E-state index < -0.39 is 36.6 Å². The molecular formula is H7B5Na2O10. The molecule has 84 valence electrons. The van der Waals surface area contributed by atoms with Crippen molar-refractivity contribution < 1.29 is 48.0 Å². The summed E-state index contributed by atoms with van der Waals surface area (Å²) >= 11 is 0. The molecule has 17 heavy (non-hydrogen) atoms. The molecule has 0 saturated carbocycles. The van der Waals surface area contributed by atoms with Crippen LogP contribution in [0.3, 0.4) is 0 Å². The molecule has 0 unspecified atom stereocenters. The van der Waals surface area contributed by atoms with Gasteiger partial charge in [0, 0.05) is 0 Å². The van der Waals surface area contributed by atoms with E-state index in [0.717, 1.165) is 0 Å². The van der Waals surface area contributed by atoms with E-state index in [1.54, 1.807) is 0 Å². The van der Waals surface area contributed by atoms with E-state index in [-0.39, 0.29) is 59.1 Å². The van der Waals surface area contributed by atoms with Crippen molar-refractivity contribution in [1.29, 1.82) is 0 Å². The average Bonchev–Trinajstić information content (AvgIpc) is 1.98. The fourth-order valence-electron chi connectivity index (χ4n) is 0.728. The Morgan fingerprint density at radius 2 is 0.882 bits per heavy atom. The molecule has 0 aromatic heterocycles.